The maximum absolute atomic E-state index is 11.3. The third kappa shape index (κ3) is 1.42. The van der Waals surface area contributed by atoms with E-state index in [2.05, 4.69) is 5.10 Å². The fraction of sp³-hybridized carbons (Fsp3) is 0.100. The number of hydrogen-bond donors (Lipinski definition) is 1. The van der Waals surface area contributed by atoms with Crippen molar-refractivity contribution in [2.24, 2.45) is 0 Å². The second kappa shape index (κ2) is 3.41. The molecule has 2 aromatic rings. The lowest BCUT2D eigenvalue weighted by molar-refractivity contribution is 0.414. The first-order valence-corrected chi connectivity index (χ1v) is 4.22. The minimum absolute atomic E-state index is 0.0739. The molecule has 4 heteroatoms. The molecule has 0 unspecified atom stereocenters. The molecule has 0 aliphatic heterocycles. The Hall–Kier alpha value is -1.97. The van der Waals surface area contributed by atoms with E-state index in [1.54, 1.807) is 13.3 Å². The number of aromatic amines is 1. The summed E-state index contributed by atoms with van der Waals surface area (Å²) in [6.07, 6.45) is 1.60. The minimum Gasteiger partial charge on any atom is -0.497 e. The quantitative estimate of drug-likeness (QED) is 0.772. The number of aromatic nitrogens is 2. The van der Waals surface area contributed by atoms with Gasteiger partial charge < -0.3 is 4.74 Å². The van der Waals surface area contributed by atoms with Crippen molar-refractivity contribution in [3.8, 4) is 11.4 Å². The highest BCUT2D eigenvalue weighted by atomic mass is 16.5. The molecule has 0 radical (unpaired) electrons. The van der Waals surface area contributed by atoms with Crippen molar-refractivity contribution in [1.29, 1.82) is 0 Å². The van der Waals surface area contributed by atoms with Gasteiger partial charge in [0.2, 0.25) is 0 Å². The molecule has 0 amide bonds. The lowest BCUT2D eigenvalue weighted by atomic mass is 10.3. The molecule has 1 N–H and O–H groups in total. The Morgan fingerprint density at radius 2 is 1.93 bits per heavy atom. The molecule has 0 aliphatic carbocycles. The zero-order valence-electron chi connectivity index (χ0n) is 7.73. The predicted octanol–water partition coefficient (Wildman–Crippen LogP) is 1.17. The van der Waals surface area contributed by atoms with E-state index in [1.165, 1.54) is 10.7 Å². The summed E-state index contributed by atoms with van der Waals surface area (Å²) in [5, 5.41) is 2.82. The van der Waals surface area contributed by atoms with Crippen molar-refractivity contribution in [1.82, 2.24) is 9.78 Å². The molecule has 2 rings (SSSR count). The summed E-state index contributed by atoms with van der Waals surface area (Å²) >= 11 is 0. The van der Waals surface area contributed by atoms with Crippen LogP contribution in [-0.4, -0.2) is 16.9 Å². The molecular weight excluding hydrogens is 180 g/mol. The Morgan fingerprint density at radius 1 is 1.21 bits per heavy atom. The summed E-state index contributed by atoms with van der Waals surface area (Å²) in [6.45, 7) is 0. The summed E-state index contributed by atoms with van der Waals surface area (Å²) in [7, 11) is 1.61. The van der Waals surface area contributed by atoms with Gasteiger partial charge in [0, 0.05) is 12.3 Å². The normalized spacial score (nSPS) is 10.1. The highest BCUT2D eigenvalue weighted by Crippen LogP contribution is 2.12. The van der Waals surface area contributed by atoms with Gasteiger partial charge in [0.1, 0.15) is 5.75 Å². The van der Waals surface area contributed by atoms with Crippen LogP contribution in [0, 0.1) is 0 Å². The van der Waals surface area contributed by atoms with Gasteiger partial charge in [-0.1, -0.05) is 0 Å². The first-order valence-electron chi connectivity index (χ1n) is 4.22. The molecule has 0 aliphatic rings. The molecule has 0 spiro atoms. The molecule has 0 bridgehead atoms. The van der Waals surface area contributed by atoms with Gasteiger partial charge in [-0.3, -0.25) is 9.89 Å². The van der Waals surface area contributed by atoms with E-state index in [-0.39, 0.29) is 5.56 Å². The van der Waals surface area contributed by atoms with Crippen LogP contribution in [-0.2, 0) is 0 Å². The van der Waals surface area contributed by atoms with Crippen molar-refractivity contribution in [3.63, 3.8) is 0 Å². The van der Waals surface area contributed by atoms with Crippen LogP contribution in [0.4, 0.5) is 0 Å². The second-order valence-electron chi connectivity index (χ2n) is 2.83. The summed E-state index contributed by atoms with van der Waals surface area (Å²) < 4.78 is 6.48. The fourth-order valence-electron chi connectivity index (χ4n) is 1.25. The number of nitrogens with one attached hydrogen (secondary N) is 1. The third-order valence-electron chi connectivity index (χ3n) is 1.98. The smallest absolute Gasteiger partial charge is 0.271 e. The molecule has 1 heterocycles. The van der Waals surface area contributed by atoms with Gasteiger partial charge in [0.15, 0.2) is 0 Å². The van der Waals surface area contributed by atoms with E-state index in [0.717, 1.165) is 11.4 Å². The Morgan fingerprint density at radius 3 is 2.43 bits per heavy atom. The molecule has 0 saturated heterocycles. The number of H-pyrrole nitrogens is 1. The summed E-state index contributed by atoms with van der Waals surface area (Å²) in [5.41, 5.74) is 0.718. The molecule has 4 nitrogen and oxygen atoms in total. The summed E-state index contributed by atoms with van der Waals surface area (Å²) in [6, 6.07) is 8.73. The molecule has 0 saturated carbocycles. The Labute approximate surface area is 80.7 Å². The van der Waals surface area contributed by atoms with Crippen LogP contribution in [0.25, 0.3) is 5.69 Å². The Bertz CT molecular complexity index is 467. The number of rotatable bonds is 2. The van der Waals surface area contributed by atoms with E-state index in [1.807, 2.05) is 24.3 Å². The van der Waals surface area contributed by atoms with Crippen LogP contribution < -0.4 is 10.3 Å². The first-order chi connectivity index (χ1) is 6.81. The monoisotopic (exact) mass is 190 g/mol. The predicted molar refractivity (Wildman–Crippen MR) is 52.9 cm³/mol. The van der Waals surface area contributed by atoms with E-state index < -0.39 is 0 Å². The molecular formula is C10H10N2O2. The van der Waals surface area contributed by atoms with Crippen LogP contribution >= 0.6 is 0 Å². The van der Waals surface area contributed by atoms with E-state index in [4.69, 9.17) is 4.74 Å². The lowest BCUT2D eigenvalue weighted by Crippen LogP contribution is -2.13. The topological polar surface area (TPSA) is 47.0 Å². The first kappa shape index (κ1) is 8.62. The van der Waals surface area contributed by atoms with Crippen molar-refractivity contribution >= 4 is 0 Å². The van der Waals surface area contributed by atoms with Crippen LogP contribution in [0.3, 0.4) is 0 Å². The summed E-state index contributed by atoms with van der Waals surface area (Å²) in [5.74, 6) is 0.772. The molecule has 1 aromatic carbocycles. The fourth-order valence-corrected chi connectivity index (χ4v) is 1.25. The molecule has 1 aromatic heterocycles. The van der Waals surface area contributed by atoms with E-state index in [9.17, 15) is 4.79 Å². The number of benzene rings is 1. The van der Waals surface area contributed by atoms with Gasteiger partial charge in [-0.2, -0.15) is 0 Å². The van der Waals surface area contributed by atoms with Gasteiger partial charge in [0.05, 0.1) is 12.8 Å². The van der Waals surface area contributed by atoms with E-state index in [0.29, 0.717) is 0 Å². The number of ether oxygens (including phenoxy) is 1. The Kier molecular flexibility index (Phi) is 2.10. The number of methoxy groups -OCH3 is 1. The van der Waals surface area contributed by atoms with Gasteiger partial charge >= 0.3 is 0 Å². The third-order valence-corrected chi connectivity index (χ3v) is 1.98. The van der Waals surface area contributed by atoms with Crippen molar-refractivity contribution in [3.05, 3.63) is 46.9 Å². The highest BCUT2D eigenvalue weighted by molar-refractivity contribution is 5.36. The van der Waals surface area contributed by atoms with Crippen LogP contribution in [0.1, 0.15) is 0 Å². The van der Waals surface area contributed by atoms with Crippen molar-refractivity contribution in [2.75, 3.05) is 7.11 Å². The number of hydrogen-bond acceptors (Lipinski definition) is 2. The lowest BCUT2D eigenvalue weighted by Gasteiger charge is -2.02. The maximum atomic E-state index is 11.3. The van der Waals surface area contributed by atoms with Crippen molar-refractivity contribution < 1.29 is 4.74 Å². The SMILES string of the molecule is COc1ccc(-n2[nH]ccc2=O)cc1. The van der Waals surface area contributed by atoms with Crippen molar-refractivity contribution in [2.45, 2.75) is 0 Å². The number of nitrogens with zero attached hydrogens (tertiary/aromatic N) is 1. The highest BCUT2D eigenvalue weighted by Gasteiger charge is 1.99. The zero-order chi connectivity index (χ0) is 9.97. The average molecular weight is 190 g/mol. The average Bonchev–Trinajstić information content (AvgIpc) is 2.65. The van der Waals surface area contributed by atoms with Crippen LogP contribution in [0.15, 0.2) is 41.3 Å². The maximum Gasteiger partial charge on any atom is 0.271 e. The molecule has 14 heavy (non-hydrogen) atoms. The molecule has 0 atom stereocenters. The summed E-state index contributed by atoms with van der Waals surface area (Å²) in [4.78, 5) is 11.3. The Balaban J connectivity index is 2.44. The molecule has 0 fully saturated rings. The van der Waals surface area contributed by atoms with Gasteiger partial charge in [-0.15, -0.1) is 0 Å². The largest absolute Gasteiger partial charge is 0.497 e. The van der Waals surface area contributed by atoms with E-state index >= 15 is 0 Å². The van der Waals surface area contributed by atoms with Crippen LogP contribution in [0.5, 0.6) is 5.75 Å². The second-order valence-corrected chi connectivity index (χ2v) is 2.83. The molecule has 72 valence electrons. The van der Waals surface area contributed by atoms with Crippen LogP contribution in [0.2, 0.25) is 0 Å². The standard InChI is InChI=1S/C10H10N2O2/c1-14-9-4-2-8(3-5-9)12-10(13)6-7-11-12/h2-7,11H,1H3. The van der Waals surface area contributed by atoms with Gasteiger partial charge in [0.25, 0.3) is 5.56 Å². The van der Waals surface area contributed by atoms with Gasteiger partial charge in [-0.05, 0) is 24.3 Å². The zero-order valence-corrected chi connectivity index (χ0v) is 7.73. The van der Waals surface area contributed by atoms with Gasteiger partial charge in [-0.25, -0.2) is 4.68 Å². The minimum atomic E-state index is -0.0739.